The summed E-state index contributed by atoms with van der Waals surface area (Å²) in [5.74, 6) is 0. The van der Waals surface area contributed by atoms with E-state index in [1.165, 1.54) is 6.33 Å². The number of benzene rings is 1. The highest BCUT2D eigenvalue weighted by Crippen LogP contribution is 2.25. The standard InChI is InChI=1S/C15H14N4O2/c1-8(10-4-3-5-11(6-10)9(2)20)13-12-14(19-18-13)16-7-17-15(12)21/h3-7,9,20H,1H2,2H3,(H2,16,17,18,19,21). The zero-order valence-electron chi connectivity index (χ0n) is 11.4. The van der Waals surface area contributed by atoms with Crippen molar-refractivity contribution in [3.8, 4) is 0 Å². The van der Waals surface area contributed by atoms with Crippen LogP contribution in [0.5, 0.6) is 0 Å². The van der Waals surface area contributed by atoms with Crippen molar-refractivity contribution < 1.29 is 5.11 Å². The van der Waals surface area contributed by atoms with E-state index in [2.05, 4.69) is 26.7 Å². The van der Waals surface area contributed by atoms with E-state index in [4.69, 9.17) is 0 Å². The van der Waals surface area contributed by atoms with Gasteiger partial charge in [0, 0.05) is 5.57 Å². The summed E-state index contributed by atoms with van der Waals surface area (Å²) >= 11 is 0. The lowest BCUT2D eigenvalue weighted by Gasteiger charge is -2.09. The first-order valence-electron chi connectivity index (χ1n) is 6.47. The molecule has 0 aliphatic rings. The van der Waals surface area contributed by atoms with Gasteiger partial charge in [0.25, 0.3) is 5.56 Å². The predicted octanol–water partition coefficient (Wildman–Crippen LogP) is 1.76. The lowest BCUT2D eigenvalue weighted by atomic mass is 9.99. The van der Waals surface area contributed by atoms with Gasteiger partial charge in [-0.05, 0) is 24.1 Å². The molecule has 0 spiro atoms. The quantitative estimate of drug-likeness (QED) is 0.682. The molecule has 0 amide bonds. The summed E-state index contributed by atoms with van der Waals surface area (Å²) in [6, 6.07) is 7.38. The molecule has 106 valence electrons. The highest BCUT2D eigenvalue weighted by molar-refractivity contribution is 5.91. The number of aromatic amines is 2. The molecular formula is C15H14N4O2. The molecule has 2 aromatic heterocycles. The number of nitrogens with zero attached hydrogens (tertiary/aromatic N) is 2. The van der Waals surface area contributed by atoms with Crippen LogP contribution in [0.25, 0.3) is 16.6 Å². The van der Waals surface area contributed by atoms with Gasteiger partial charge >= 0.3 is 0 Å². The molecule has 21 heavy (non-hydrogen) atoms. The second kappa shape index (κ2) is 4.99. The lowest BCUT2D eigenvalue weighted by Crippen LogP contribution is -2.07. The Balaban J connectivity index is 2.13. The van der Waals surface area contributed by atoms with Gasteiger partial charge in [0.1, 0.15) is 5.39 Å². The van der Waals surface area contributed by atoms with Crippen LogP contribution >= 0.6 is 0 Å². The smallest absolute Gasteiger partial charge is 0.262 e. The van der Waals surface area contributed by atoms with Crippen molar-refractivity contribution in [2.24, 2.45) is 0 Å². The zero-order valence-corrected chi connectivity index (χ0v) is 11.4. The van der Waals surface area contributed by atoms with Gasteiger partial charge in [0.05, 0.1) is 18.1 Å². The maximum absolute atomic E-state index is 11.9. The van der Waals surface area contributed by atoms with Crippen LogP contribution in [0.3, 0.4) is 0 Å². The van der Waals surface area contributed by atoms with Gasteiger partial charge in [0.2, 0.25) is 0 Å². The van der Waals surface area contributed by atoms with Gasteiger partial charge < -0.3 is 10.1 Å². The highest BCUT2D eigenvalue weighted by Gasteiger charge is 2.14. The van der Waals surface area contributed by atoms with E-state index < -0.39 is 6.10 Å². The fourth-order valence-electron chi connectivity index (χ4n) is 2.21. The number of hydrogen-bond donors (Lipinski definition) is 3. The summed E-state index contributed by atoms with van der Waals surface area (Å²) in [7, 11) is 0. The van der Waals surface area contributed by atoms with Crippen molar-refractivity contribution in [2.45, 2.75) is 13.0 Å². The average Bonchev–Trinajstić information content (AvgIpc) is 2.92. The number of hydrogen-bond acceptors (Lipinski definition) is 4. The Morgan fingerprint density at radius 1 is 1.43 bits per heavy atom. The van der Waals surface area contributed by atoms with E-state index in [0.717, 1.165) is 11.1 Å². The minimum Gasteiger partial charge on any atom is -0.389 e. The largest absolute Gasteiger partial charge is 0.389 e. The fourth-order valence-corrected chi connectivity index (χ4v) is 2.21. The molecule has 0 aliphatic heterocycles. The molecule has 0 saturated carbocycles. The van der Waals surface area contributed by atoms with E-state index in [0.29, 0.717) is 22.3 Å². The molecule has 3 rings (SSSR count). The van der Waals surface area contributed by atoms with Crippen molar-refractivity contribution >= 4 is 16.6 Å². The SMILES string of the molecule is C=C(c1cccc(C(C)O)c1)c1[nH]nc2nc[nH]c(=O)c12. The molecule has 6 heteroatoms. The summed E-state index contributed by atoms with van der Waals surface area (Å²) in [5.41, 5.74) is 2.82. The van der Waals surface area contributed by atoms with Crippen LogP contribution in [0.15, 0.2) is 42.0 Å². The van der Waals surface area contributed by atoms with Crippen LogP contribution in [-0.4, -0.2) is 25.3 Å². The molecule has 3 aromatic rings. The second-order valence-electron chi connectivity index (χ2n) is 4.81. The van der Waals surface area contributed by atoms with Crippen LogP contribution < -0.4 is 5.56 Å². The molecule has 0 saturated heterocycles. The molecule has 1 atom stereocenters. The minimum absolute atomic E-state index is 0.267. The Kier molecular flexibility index (Phi) is 3.15. The molecule has 2 heterocycles. The maximum atomic E-state index is 11.9. The Morgan fingerprint density at radius 3 is 3.00 bits per heavy atom. The molecule has 1 unspecified atom stereocenters. The number of aliphatic hydroxyl groups is 1. The topological polar surface area (TPSA) is 94.7 Å². The molecule has 0 bridgehead atoms. The Bertz CT molecular complexity index is 877. The summed E-state index contributed by atoms with van der Waals surface area (Å²) in [5, 5.41) is 16.9. The summed E-state index contributed by atoms with van der Waals surface area (Å²) < 4.78 is 0. The summed E-state index contributed by atoms with van der Waals surface area (Å²) in [6.07, 6.45) is 0.743. The van der Waals surface area contributed by atoms with Gasteiger partial charge in [-0.15, -0.1) is 0 Å². The van der Waals surface area contributed by atoms with Crippen LogP contribution in [0.2, 0.25) is 0 Å². The molecule has 3 N–H and O–H groups in total. The first-order chi connectivity index (χ1) is 10.1. The molecule has 0 fully saturated rings. The zero-order chi connectivity index (χ0) is 15.0. The van der Waals surface area contributed by atoms with E-state index in [1.807, 2.05) is 24.3 Å². The number of aliphatic hydroxyl groups excluding tert-OH is 1. The predicted molar refractivity (Wildman–Crippen MR) is 79.7 cm³/mol. The fraction of sp³-hybridized carbons (Fsp3) is 0.133. The van der Waals surface area contributed by atoms with Gasteiger partial charge in [-0.1, -0.05) is 24.8 Å². The number of H-pyrrole nitrogens is 2. The number of fused-ring (bicyclic) bond motifs is 1. The normalized spacial score (nSPS) is 12.5. The monoisotopic (exact) mass is 282 g/mol. The first-order valence-corrected chi connectivity index (χ1v) is 6.47. The second-order valence-corrected chi connectivity index (χ2v) is 4.81. The third-order valence-corrected chi connectivity index (χ3v) is 3.38. The number of aromatic nitrogens is 4. The van der Waals surface area contributed by atoms with E-state index in [-0.39, 0.29) is 5.56 Å². The van der Waals surface area contributed by atoms with Gasteiger partial charge in [-0.25, -0.2) is 4.98 Å². The van der Waals surface area contributed by atoms with Crippen molar-refractivity contribution in [1.82, 2.24) is 20.2 Å². The van der Waals surface area contributed by atoms with Gasteiger partial charge in [-0.2, -0.15) is 5.10 Å². The lowest BCUT2D eigenvalue weighted by molar-refractivity contribution is 0.199. The highest BCUT2D eigenvalue weighted by atomic mass is 16.3. The van der Waals surface area contributed by atoms with Crippen LogP contribution in [-0.2, 0) is 0 Å². The minimum atomic E-state index is -0.568. The maximum Gasteiger partial charge on any atom is 0.262 e. The summed E-state index contributed by atoms with van der Waals surface area (Å²) in [6.45, 7) is 5.72. The average molecular weight is 282 g/mol. The van der Waals surface area contributed by atoms with Gasteiger partial charge in [-0.3, -0.25) is 9.89 Å². The Labute approximate surface area is 120 Å². The molecule has 6 nitrogen and oxygen atoms in total. The van der Waals surface area contributed by atoms with Crippen LogP contribution in [0, 0.1) is 0 Å². The molecule has 0 aliphatic carbocycles. The van der Waals surface area contributed by atoms with Crippen molar-refractivity contribution in [3.05, 3.63) is 64.3 Å². The molecule has 0 radical (unpaired) electrons. The van der Waals surface area contributed by atoms with Gasteiger partial charge in [0.15, 0.2) is 5.65 Å². The van der Waals surface area contributed by atoms with Crippen molar-refractivity contribution in [2.75, 3.05) is 0 Å². The third kappa shape index (κ3) is 2.25. The van der Waals surface area contributed by atoms with Crippen LogP contribution in [0.1, 0.15) is 29.8 Å². The molecule has 1 aromatic carbocycles. The van der Waals surface area contributed by atoms with Crippen molar-refractivity contribution in [3.63, 3.8) is 0 Å². The Morgan fingerprint density at radius 2 is 2.24 bits per heavy atom. The summed E-state index contributed by atoms with van der Waals surface area (Å²) in [4.78, 5) is 18.5. The first kappa shape index (κ1) is 13.3. The van der Waals surface area contributed by atoms with E-state index >= 15 is 0 Å². The third-order valence-electron chi connectivity index (χ3n) is 3.38. The number of rotatable bonds is 3. The van der Waals surface area contributed by atoms with E-state index in [9.17, 15) is 9.90 Å². The van der Waals surface area contributed by atoms with Crippen molar-refractivity contribution in [1.29, 1.82) is 0 Å². The van der Waals surface area contributed by atoms with Crippen LogP contribution in [0.4, 0.5) is 0 Å². The number of nitrogens with one attached hydrogen (secondary N) is 2. The Hall–Kier alpha value is -2.73. The van der Waals surface area contributed by atoms with E-state index in [1.54, 1.807) is 6.92 Å². The molecular weight excluding hydrogens is 268 g/mol.